The van der Waals surface area contributed by atoms with Gasteiger partial charge in [-0.2, -0.15) is 0 Å². The first-order chi connectivity index (χ1) is 11.1. The van der Waals surface area contributed by atoms with Crippen molar-refractivity contribution in [3.8, 4) is 5.75 Å². The van der Waals surface area contributed by atoms with E-state index in [1.807, 2.05) is 29.2 Å². The Bertz CT molecular complexity index is 540. The average molecular weight is 316 g/mol. The molecular weight excluding hydrogens is 288 g/mol. The first kappa shape index (κ1) is 17.5. The van der Waals surface area contributed by atoms with Crippen molar-refractivity contribution < 1.29 is 9.53 Å². The quantitative estimate of drug-likeness (QED) is 0.757. The maximum atomic E-state index is 12.4. The fourth-order valence-corrected chi connectivity index (χ4v) is 2.73. The number of allylic oxidation sites excluding steroid dienone is 1. The number of methoxy groups -OCH3 is 1. The molecule has 1 heterocycles. The topological polar surface area (TPSA) is 32.8 Å². The number of ether oxygens (including phenoxy) is 1. The monoisotopic (exact) mass is 316 g/mol. The van der Waals surface area contributed by atoms with Crippen LogP contribution in [0.3, 0.4) is 0 Å². The van der Waals surface area contributed by atoms with E-state index >= 15 is 0 Å². The summed E-state index contributed by atoms with van der Waals surface area (Å²) in [6.07, 6.45) is 5.03. The lowest BCUT2D eigenvalue weighted by Gasteiger charge is -2.22. The van der Waals surface area contributed by atoms with Gasteiger partial charge in [-0.25, -0.2) is 0 Å². The fraction of sp³-hybridized carbons (Fsp3) is 0.526. The molecule has 0 saturated carbocycles. The van der Waals surface area contributed by atoms with Gasteiger partial charge in [0.25, 0.3) is 0 Å². The van der Waals surface area contributed by atoms with Gasteiger partial charge in [0.2, 0.25) is 5.91 Å². The summed E-state index contributed by atoms with van der Waals surface area (Å²) in [7, 11) is 1.67. The van der Waals surface area contributed by atoms with Crippen LogP contribution in [0.1, 0.15) is 25.8 Å². The Morgan fingerprint density at radius 2 is 2.09 bits per heavy atom. The molecule has 1 fully saturated rings. The summed E-state index contributed by atoms with van der Waals surface area (Å²) >= 11 is 0. The minimum absolute atomic E-state index is 0.239. The molecule has 0 aliphatic carbocycles. The smallest absolute Gasteiger partial charge is 0.224 e. The van der Waals surface area contributed by atoms with Gasteiger partial charge in [0.15, 0.2) is 0 Å². The third kappa shape index (κ3) is 5.71. The van der Waals surface area contributed by atoms with Gasteiger partial charge in [-0.05, 0) is 23.6 Å². The zero-order chi connectivity index (χ0) is 16.7. The summed E-state index contributed by atoms with van der Waals surface area (Å²) < 4.78 is 5.26. The molecule has 126 valence electrons. The minimum Gasteiger partial charge on any atom is -0.497 e. The number of amides is 1. The predicted octanol–water partition coefficient (Wildman–Crippen LogP) is 2.94. The van der Waals surface area contributed by atoms with E-state index < -0.39 is 0 Å². The molecule has 0 aromatic heterocycles. The van der Waals surface area contributed by atoms with E-state index in [-0.39, 0.29) is 5.91 Å². The largest absolute Gasteiger partial charge is 0.497 e. The summed E-state index contributed by atoms with van der Waals surface area (Å²) in [4.78, 5) is 16.7. The molecule has 0 spiro atoms. The summed E-state index contributed by atoms with van der Waals surface area (Å²) in [5.74, 6) is 1.65. The van der Waals surface area contributed by atoms with Gasteiger partial charge < -0.3 is 9.64 Å². The van der Waals surface area contributed by atoms with Crippen molar-refractivity contribution in [2.45, 2.75) is 26.8 Å². The highest BCUT2D eigenvalue weighted by molar-refractivity contribution is 5.76. The molecule has 23 heavy (non-hydrogen) atoms. The SMILES string of the molecule is COc1cccc(CN2CCN(C/C=C/C(C)C)CCC2=O)c1. The Balaban J connectivity index is 1.92. The Kier molecular flexibility index (Phi) is 6.66. The van der Waals surface area contributed by atoms with Crippen LogP contribution in [0.2, 0.25) is 0 Å². The minimum atomic E-state index is 0.239. The Morgan fingerprint density at radius 1 is 1.26 bits per heavy atom. The summed E-state index contributed by atoms with van der Waals surface area (Å²) in [6.45, 7) is 8.50. The van der Waals surface area contributed by atoms with E-state index in [9.17, 15) is 4.79 Å². The summed E-state index contributed by atoms with van der Waals surface area (Å²) in [5.41, 5.74) is 1.12. The van der Waals surface area contributed by atoms with E-state index in [0.29, 0.717) is 18.9 Å². The van der Waals surface area contributed by atoms with Gasteiger partial charge in [0.1, 0.15) is 5.75 Å². The third-order valence-corrected chi connectivity index (χ3v) is 4.07. The van der Waals surface area contributed by atoms with Gasteiger partial charge >= 0.3 is 0 Å². The second-order valence-corrected chi connectivity index (χ2v) is 6.39. The molecule has 1 aromatic carbocycles. The zero-order valence-electron chi connectivity index (χ0n) is 14.5. The van der Waals surface area contributed by atoms with Crippen molar-refractivity contribution >= 4 is 5.91 Å². The molecule has 0 bridgehead atoms. The van der Waals surface area contributed by atoms with E-state index in [0.717, 1.165) is 37.5 Å². The van der Waals surface area contributed by atoms with Crippen molar-refractivity contribution in [1.82, 2.24) is 9.80 Å². The molecular formula is C19H28N2O2. The molecule has 4 heteroatoms. The molecule has 1 amide bonds. The highest BCUT2D eigenvalue weighted by Crippen LogP contribution is 2.16. The highest BCUT2D eigenvalue weighted by atomic mass is 16.5. The molecule has 0 unspecified atom stereocenters. The number of hydrogen-bond acceptors (Lipinski definition) is 3. The van der Waals surface area contributed by atoms with Crippen LogP contribution in [0.4, 0.5) is 0 Å². The number of benzene rings is 1. The van der Waals surface area contributed by atoms with Crippen LogP contribution in [0, 0.1) is 5.92 Å². The van der Waals surface area contributed by atoms with E-state index in [4.69, 9.17) is 4.74 Å². The maximum absolute atomic E-state index is 12.4. The number of hydrogen-bond donors (Lipinski definition) is 0. The van der Waals surface area contributed by atoms with Crippen LogP contribution in [-0.4, -0.2) is 49.0 Å². The third-order valence-electron chi connectivity index (χ3n) is 4.07. The average Bonchev–Trinajstić information content (AvgIpc) is 2.70. The highest BCUT2D eigenvalue weighted by Gasteiger charge is 2.20. The Morgan fingerprint density at radius 3 is 2.83 bits per heavy atom. The van der Waals surface area contributed by atoms with Crippen LogP contribution < -0.4 is 4.74 Å². The molecule has 2 rings (SSSR count). The van der Waals surface area contributed by atoms with Crippen LogP contribution in [0.15, 0.2) is 36.4 Å². The molecule has 0 radical (unpaired) electrons. The van der Waals surface area contributed by atoms with Gasteiger partial charge in [0, 0.05) is 39.1 Å². The first-order valence-electron chi connectivity index (χ1n) is 8.38. The van der Waals surface area contributed by atoms with Crippen LogP contribution in [0.5, 0.6) is 5.75 Å². The van der Waals surface area contributed by atoms with Crippen LogP contribution in [0.25, 0.3) is 0 Å². The van der Waals surface area contributed by atoms with Crippen molar-refractivity contribution in [2.75, 3.05) is 33.3 Å². The van der Waals surface area contributed by atoms with Crippen LogP contribution in [-0.2, 0) is 11.3 Å². The van der Waals surface area contributed by atoms with Gasteiger partial charge in [-0.1, -0.05) is 38.1 Å². The molecule has 1 aliphatic heterocycles. The zero-order valence-corrected chi connectivity index (χ0v) is 14.5. The van der Waals surface area contributed by atoms with Gasteiger partial charge in [0.05, 0.1) is 7.11 Å². The number of carbonyl (C=O) groups excluding carboxylic acids is 1. The van der Waals surface area contributed by atoms with E-state index in [1.165, 1.54) is 0 Å². The van der Waals surface area contributed by atoms with Crippen molar-refractivity contribution in [2.24, 2.45) is 5.92 Å². The first-order valence-corrected chi connectivity index (χ1v) is 8.38. The van der Waals surface area contributed by atoms with Crippen molar-refractivity contribution in [1.29, 1.82) is 0 Å². The van der Waals surface area contributed by atoms with Crippen molar-refractivity contribution in [3.05, 3.63) is 42.0 Å². The lowest BCUT2D eigenvalue weighted by Crippen LogP contribution is -2.32. The molecule has 0 atom stereocenters. The molecule has 4 nitrogen and oxygen atoms in total. The molecule has 1 aromatic rings. The normalized spacial score (nSPS) is 17.0. The molecule has 1 saturated heterocycles. The standard InChI is InChI=1S/C19H28N2O2/c1-16(2)6-5-10-20-11-9-19(22)21(13-12-20)15-17-7-4-8-18(14-17)23-3/h4-8,14,16H,9-13,15H2,1-3H3/b6-5+. The van der Waals surface area contributed by atoms with E-state index in [1.54, 1.807) is 7.11 Å². The van der Waals surface area contributed by atoms with Crippen molar-refractivity contribution in [3.63, 3.8) is 0 Å². The second-order valence-electron chi connectivity index (χ2n) is 6.39. The lowest BCUT2D eigenvalue weighted by molar-refractivity contribution is -0.130. The molecule has 1 aliphatic rings. The predicted molar refractivity (Wildman–Crippen MR) is 93.4 cm³/mol. The lowest BCUT2D eigenvalue weighted by atomic mass is 10.2. The Labute approximate surface area is 139 Å². The number of nitrogens with zero attached hydrogens (tertiary/aromatic N) is 2. The Hall–Kier alpha value is -1.81. The summed E-state index contributed by atoms with van der Waals surface area (Å²) in [5, 5.41) is 0. The van der Waals surface area contributed by atoms with Gasteiger partial charge in [-0.15, -0.1) is 0 Å². The van der Waals surface area contributed by atoms with Crippen LogP contribution >= 0.6 is 0 Å². The second kappa shape index (κ2) is 8.73. The molecule has 0 N–H and O–H groups in total. The van der Waals surface area contributed by atoms with Gasteiger partial charge in [-0.3, -0.25) is 9.69 Å². The number of rotatable bonds is 6. The number of carbonyl (C=O) groups is 1. The maximum Gasteiger partial charge on any atom is 0.224 e. The fourth-order valence-electron chi connectivity index (χ4n) is 2.73. The van der Waals surface area contributed by atoms with E-state index in [2.05, 4.69) is 30.9 Å². The summed E-state index contributed by atoms with van der Waals surface area (Å²) in [6, 6.07) is 7.95.